The topological polar surface area (TPSA) is 48.0 Å². The molecule has 6 nitrogen and oxygen atoms in total. The molecule has 1 aromatic rings. The Morgan fingerprint density at radius 1 is 1.11 bits per heavy atom. The predicted octanol–water partition coefficient (Wildman–Crippen LogP) is 0.554. The van der Waals surface area contributed by atoms with Gasteiger partial charge in [-0.3, -0.25) is 19.4 Å². The van der Waals surface area contributed by atoms with Crippen LogP contribution in [0.15, 0.2) is 24.3 Å². The van der Waals surface area contributed by atoms with Crippen molar-refractivity contribution in [2.45, 2.75) is 0 Å². The Hall–Kier alpha value is -1.79. The van der Waals surface area contributed by atoms with E-state index in [1.54, 1.807) is 17.2 Å². The minimum atomic E-state index is 0.865. The number of nitrogens with two attached hydrogens (primary N) is 1. The molecule has 0 spiro atoms. The molecule has 2 N–H and O–H groups in total. The van der Waals surface area contributed by atoms with Crippen LogP contribution >= 0.6 is 0 Å². The van der Waals surface area contributed by atoms with Gasteiger partial charge in [-0.1, -0.05) is 12.1 Å². The smallest absolute Gasteiger partial charge is 0.277 e. The first-order chi connectivity index (χ1) is 8.90. The zero-order valence-electron chi connectivity index (χ0n) is 12.6. The van der Waals surface area contributed by atoms with Gasteiger partial charge in [0.05, 0.1) is 35.3 Å². The van der Waals surface area contributed by atoms with Crippen molar-refractivity contribution in [1.29, 1.82) is 0 Å². The zero-order valence-corrected chi connectivity index (χ0v) is 12.6. The number of hydrogen-bond acceptors (Lipinski definition) is 3. The summed E-state index contributed by atoms with van der Waals surface area (Å²) >= 11 is 0. The van der Waals surface area contributed by atoms with E-state index in [1.165, 1.54) is 0 Å². The van der Waals surface area contributed by atoms with Gasteiger partial charge >= 0.3 is 5.96 Å². The van der Waals surface area contributed by atoms with E-state index < -0.39 is 0 Å². The number of hydrogen-bond donors (Lipinski definition) is 1. The van der Waals surface area contributed by atoms with E-state index in [-0.39, 0.29) is 0 Å². The number of nitrogens with zero attached hydrogens (tertiary/aromatic N) is 4. The number of rotatable bonds is 3. The van der Waals surface area contributed by atoms with Crippen LogP contribution in [0.4, 0.5) is 11.4 Å². The van der Waals surface area contributed by atoms with Gasteiger partial charge < -0.3 is 0 Å². The van der Waals surface area contributed by atoms with Gasteiger partial charge in [-0.25, -0.2) is 0 Å². The highest BCUT2D eigenvalue weighted by atomic mass is 16.7. The molecule has 0 aromatic heterocycles. The molecule has 0 bridgehead atoms. The zero-order chi connectivity index (χ0) is 14.6. The van der Waals surface area contributed by atoms with Gasteiger partial charge in [0.1, 0.15) is 11.4 Å². The third-order valence-electron chi connectivity index (χ3n) is 2.77. The van der Waals surface area contributed by atoms with Crippen LogP contribution in [-0.2, 0) is 4.84 Å². The summed E-state index contributed by atoms with van der Waals surface area (Å²) in [4.78, 5) is 7.20. The molecule has 0 saturated carbocycles. The quantitative estimate of drug-likeness (QED) is 0.285. The summed E-state index contributed by atoms with van der Waals surface area (Å²) in [5.41, 5.74) is 1.76. The molecule has 6 heteroatoms. The summed E-state index contributed by atoms with van der Waals surface area (Å²) in [6, 6.07) is 7.82. The third kappa shape index (κ3) is 3.36. The maximum atomic E-state index is 6.27. The number of hydrazine groups is 1. The number of hydroxylamine groups is 1. The van der Waals surface area contributed by atoms with Gasteiger partial charge in [0.15, 0.2) is 0 Å². The Balaban J connectivity index is 3.26. The molecular formula is C13H24N5O+. The molecule has 0 fully saturated rings. The van der Waals surface area contributed by atoms with E-state index in [1.807, 2.05) is 69.0 Å². The van der Waals surface area contributed by atoms with Crippen LogP contribution in [0.1, 0.15) is 0 Å². The predicted molar refractivity (Wildman–Crippen MR) is 79.3 cm³/mol. The molecule has 0 aliphatic rings. The van der Waals surface area contributed by atoms with Crippen LogP contribution in [0, 0.1) is 0 Å². The molecule has 106 valence electrons. The molecule has 0 amide bonds. The van der Waals surface area contributed by atoms with E-state index in [0.29, 0.717) is 0 Å². The number of benzene rings is 1. The highest BCUT2D eigenvalue weighted by Gasteiger charge is 2.25. The van der Waals surface area contributed by atoms with E-state index in [9.17, 15) is 0 Å². The second-order valence-corrected chi connectivity index (χ2v) is 4.63. The van der Waals surface area contributed by atoms with Gasteiger partial charge in [-0.2, -0.15) is 10.9 Å². The van der Waals surface area contributed by atoms with Gasteiger partial charge in [0.25, 0.3) is 0 Å². The van der Waals surface area contributed by atoms with Gasteiger partial charge in [0.2, 0.25) is 0 Å². The highest BCUT2D eigenvalue weighted by molar-refractivity contribution is 5.94. The average molecular weight is 266 g/mol. The Morgan fingerprint density at radius 2 is 1.63 bits per heavy atom. The summed E-state index contributed by atoms with van der Waals surface area (Å²) in [5.74, 6) is 7.14. The summed E-state index contributed by atoms with van der Waals surface area (Å²) in [6.07, 6.45) is 0. The molecule has 19 heavy (non-hydrogen) atoms. The normalized spacial score (nSPS) is 10.1. The van der Waals surface area contributed by atoms with Crippen molar-refractivity contribution in [3.05, 3.63) is 24.3 Å². The molecule has 0 radical (unpaired) electrons. The maximum Gasteiger partial charge on any atom is 0.372 e. The van der Waals surface area contributed by atoms with Crippen molar-refractivity contribution in [1.82, 2.24) is 4.90 Å². The number of guanidine groups is 1. The first-order valence-corrected chi connectivity index (χ1v) is 6.03. The van der Waals surface area contributed by atoms with Crippen molar-refractivity contribution in [2.24, 2.45) is 5.84 Å². The number of anilines is 2. The lowest BCUT2D eigenvalue weighted by molar-refractivity contribution is -0.470. The van der Waals surface area contributed by atoms with Crippen molar-refractivity contribution >= 4 is 17.3 Å². The van der Waals surface area contributed by atoms with E-state index >= 15 is 0 Å². The van der Waals surface area contributed by atoms with Gasteiger partial charge in [0, 0.05) is 7.05 Å². The summed E-state index contributed by atoms with van der Waals surface area (Å²) in [7, 11) is 11.3. The lowest BCUT2D eigenvalue weighted by Gasteiger charge is -2.24. The average Bonchev–Trinajstić information content (AvgIpc) is 2.36. The fourth-order valence-electron chi connectivity index (χ4n) is 1.97. The molecule has 0 atom stereocenters. The third-order valence-corrected chi connectivity index (χ3v) is 2.77. The van der Waals surface area contributed by atoms with E-state index in [0.717, 1.165) is 17.3 Å². The minimum Gasteiger partial charge on any atom is -0.277 e. The number of para-hydroxylation sites is 2. The second kappa shape index (κ2) is 6.40. The largest absolute Gasteiger partial charge is 0.372 e. The van der Waals surface area contributed by atoms with Crippen LogP contribution in [0.3, 0.4) is 0 Å². The summed E-state index contributed by atoms with van der Waals surface area (Å²) in [6.45, 7) is 0. The van der Waals surface area contributed by atoms with Crippen molar-refractivity contribution in [3.63, 3.8) is 0 Å². The van der Waals surface area contributed by atoms with Crippen molar-refractivity contribution in [2.75, 3.05) is 52.4 Å². The lowest BCUT2D eigenvalue weighted by Crippen LogP contribution is -2.50. The van der Waals surface area contributed by atoms with Gasteiger partial charge in [-0.05, 0) is 12.1 Å². The SMILES string of the molecule is CON(C)c1ccccc1N(N)C(N(C)C)=[N+](C)C. The Morgan fingerprint density at radius 3 is 2.05 bits per heavy atom. The molecule has 0 unspecified atom stereocenters. The molecule has 1 rings (SSSR count). The van der Waals surface area contributed by atoms with E-state index in [4.69, 9.17) is 10.7 Å². The first kappa shape index (κ1) is 15.3. The molecule has 0 saturated heterocycles. The summed E-state index contributed by atoms with van der Waals surface area (Å²) in [5, 5.41) is 3.32. The molecule has 1 aromatic carbocycles. The monoisotopic (exact) mass is 266 g/mol. The fourth-order valence-corrected chi connectivity index (χ4v) is 1.97. The second-order valence-electron chi connectivity index (χ2n) is 4.63. The first-order valence-electron chi connectivity index (χ1n) is 6.03. The van der Waals surface area contributed by atoms with Crippen LogP contribution < -0.4 is 15.9 Å². The maximum absolute atomic E-state index is 6.27. The van der Waals surface area contributed by atoms with E-state index in [2.05, 4.69) is 0 Å². The Kier molecular flexibility index (Phi) is 5.14. The fraction of sp³-hybridized carbons (Fsp3) is 0.462. The highest BCUT2D eigenvalue weighted by Crippen LogP contribution is 2.27. The minimum absolute atomic E-state index is 0.865. The molecule has 0 aliphatic heterocycles. The summed E-state index contributed by atoms with van der Waals surface area (Å²) < 4.78 is 1.96. The molecule has 0 aliphatic carbocycles. The lowest BCUT2D eigenvalue weighted by atomic mass is 10.2. The van der Waals surface area contributed by atoms with Crippen LogP contribution in [0.25, 0.3) is 0 Å². The van der Waals surface area contributed by atoms with Crippen LogP contribution in [-0.4, -0.2) is 57.8 Å². The molecular weight excluding hydrogens is 242 g/mol. The van der Waals surface area contributed by atoms with Crippen molar-refractivity contribution < 1.29 is 9.41 Å². The van der Waals surface area contributed by atoms with Crippen molar-refractivity contribution in [3.8, 4) is 0 Å². The van der Waals surface area contributed by atoms with Gasteiger partial charge in [-0.15, -0.1) is 0 Å². The standard InChI is InChI=1S/C13H24N5O/c1-15(2)13(16(3)4)18(14)12-10-8-7-9-11(12)17(5)19-6/h7-10H,14H2,1-6H3/q+1. The molecule has 0 heterocycles. The Labute approximate surface area is 115 Å². The van der Waals surface area contributed by atoms with Crippen LogP contribution in [0.2, 0.25) is 0 Å². The van der Waals surface area contributed by atoms with Crippen LogP contribution in [0.5, 0.6) is 0 Å². The Bertz CT molecular complexity index is 454.